The zero-order valence-electron chi connectivity index (χ0n) is 20.5. The van der Waals surface area contributed by atoms with E-state index in [9.17, 15) is 4.79 Å². The van der Waals surface area contributed by atoms with Crippen LogP contribution in [0.2, 0.25) is 5.02 Å². The second-order valence-electron chi connectivity index (χ2n) is 8.68. The van der Waals surface area contributed by atoms with Crippen molar-refractivity contribution in [3.05, 3.63) is 99.6 Å². The Hall–Kier alpha value is -3.31. The molecule has 0 saturated heterocycles. The molecule has 35 heavy (non-hydrogen) atoms. The number of benzene rings is 3. The Morgan fingerprint density at radius 1 is 1.00 bits per heavy atom. The number of carbonyl (C=O) groups is 1. The van der Waals surface area contributed by atoms with Crippen molar-refractivity contribution in [2.45, 2.75) is 52.6 Å². The summed E-state index contributed by atoms with van der Waals surface area (Å²) >= 11 is 6.22. The maximum atomic E-state index is 10.6. The van der Waals surface area contributed by atoms with Gasteiger partial charge in [0.2, 0.25) is 0 Å². The Morgan fingerprint density at radius 3 is 2.46 bits per heavy atom. The van der Waals surface area contributed by atoms with Crippen molar-refractivity contribution in [1.29, 1.82) is 0 Å². The minimum atomic E-state index is -0.746. The van der Waals surface area contributed by atoms with Gasteiger partial charge < -0.3 is 14.7 Å². The summed E-state index contributed by atoms with van der Waals surface area (Å²) < 4.78 is 6.27. The topological polar surface area (TPSA) is 68.1 Å². The Bertz CT molecular complexity index is 1160. The van der Waals surface area contributed by atoms with Gasteiger partial charge in [0.25, 0.3) is 0 Å². The number of unbranched alkanes of at least 4 members (excludes halogenated alkanes) is 1. The van der Waals surface area contributed by atoms with Gasteiger partial charge in [-0.25, -0.2) is 0 Å². The Balaban J connectivity index is 1.63. The molecule has 1 N–H and O–H groups in total. The molecular formula is C29H32ClNO4. The predicted octanol–water partition coefficient (Wildman–Crippen LogP) is 7.32. The summed E-state index contributed by atoms with van der Waals surface area (Å²) in [6.45, 7) is 6.26. The van der Waals surface area contributed by atoms with Crippen molar-refractivity contribution in [1.82, 2.24) is 0 Å². The average molecular weight is 494 g/mol. The molecule has 3 aromatic carbocycles. The highest BCUT2D eigenvalue weighted by Gasteiger charge is 2.16. The first-order valence-electron chi connectivity index (χ1n) is 11.8. The van der Waals surface area contributed by atoms with E-state index in [1.165, 1.54) is 11.1 Å². The minimum Gasteiger partial charge on any atom is -0.482 e. The highest BCUT2D eigenvalue weighted by atomic mass is 35.5. The van der Waals surface area contributed by atoms with Gasteiger partial charge in [-0.05, 0) is 92.1 Å². The van der Waals surface area contributed by atoms with Crippen LogP contribution in [-0.2, 0) is 16.1 Å². The summed E-state index contributed by atoms with van der Waals surface area (Å²) in [4.78, 5) is 16.4. The lowest BCUT2D eigenvalue weighted by Gasteiger charge is -2.19. The van der Waals surface area contributed by atoms with Crippen LogP contribution in [0.4, 0.5) is 0 Å². The van der Waals surface area contributed by atoms with E-state index in [1.54, 1.807) is 0 Å². The van der Waals surface area contributed by atoms with Gasteiger partial charge in [-0.3, -0.25) is 4.79 Å². The molecule has 5 nitrogen and oxygen atoms in total. The Morgan fingerprint density at radius 2 is 1.77 bits per heavy atom. The van der Waals surface area contributed by atoms with E-state index in [2.05, 4.69) is 19.0 Å². The van der Waals surface area contributed by atoms with Crippen LogP contribution in [-0.4, -0.2) is 23.4 Å². The molecule has 0 heterocycles. The maximum absolute atomic E-state index is 10.6. The summed E-state index contributed by atoms with van der Waals surface area (Å²) in [7, 11) is 0. The lowest BCUT2D eigenvalue weighted by molar-refractivity contribution is -0.137. The first-order valence-corrected chi connectivity index (χ1v) is 12.2. The van der Waals surface area contributed by atoms with E-state index < -0.39 is 5.97 Å². The summed E-state index contributed by atoms with van der Waals surface area (Å²) in [5.74, 6) is 0.0190. The van der Waals surface area contributed by atoms with Gasteiger partial charge in [-0.2, -0.15) is 0 Å². The van der Waals surface area contributed by atoms with Crippen molar-refractivity contribution in [2.75, 3.05) is 6.61 Å². The Kier molecular flexibility index (Phi) is 9.74. The number of carboxylic acids is 1. The third kappa shape index (κ3) is 8.45. The van der Waals surface area contributed by atoms with Crippen molar-refractivity contribution >= 4 is 23.3 Å². The number of carboxylic acid groups (broad SMARTS) is 1. The predicted molar refractivity (Wildman–Crippen MR) is 141 cm³/mol. The van der Waals surface area contributed by atoms with E-state index in [-0.39, 0.29) is 19.1 Å². The Labute approximate surface area is 212 Å². The second kappa shape index (κ2) is 13.0. The molecule has 1 unspecified atom stereocenters. The van der Waals surface area contributed by atoms with Gasteiger partial charge in [-0.15, -0.1) is 0 Å². The summed E-state index contributed by atoms with van der Waals surface area (Å²) in [6.07, 6.45) is 2.24. The second-order valence-corrected chi connectivity index (χ2v) is 9.11. The van der Waals surface area contributed by atoms with Crippen molar-refractivity contribution in [2.24, 2.45) is 5.16 Å². The number of hydrogen-bond acceptors (Lipinski definition) is 4. The quantitative estimate of drug-likeness (QED) is 0.163. The molecule has 3 rings (SSSR count). The fraction of sp³-hybridized carbons (Fsp3) is 0.310. The molecule has 6 heteroatoms. The van der Waals surface area contributed by atoms with Crippen LogP contribution in [0.15, 0.2) is 71.9 Å². The van der Waals surface area contributed by atoms with E-state index in [0.29, 0.717) is 11.4 Å². The van der Waals surface area contributed by atoms with Gasteiger partial charge >= 0.3 is 5.97 Å². The van der Waals surface area contributed by atoms with Gasteiger partial charge in [0.05, 0.1) is 5.71 Å². The highest BCUT2D eigenvalue weighted by molar-refractivity contribution is 6.30. The molecule has 0 spiro atoms. The van der Waals surface area contributed by atoms with Gasteiger partial charge in [-0.1, -0.05) is 59.2 Å². The van der Waals surface area contributed by atoms with Crippen molar-refractivity contribution in [3.8, 4) is 5.75 Å². The molecule has 1 atom stereocenters. The minimum absolute atomic E-state index is 0.213. The molecule has 0 saturated carbocycles. The zero-order valence-corrected chi connectivity index (χ0v) is 21.2. The van der Waals surface area contributed by atoms with E-state index >= 15 is 0 Å². The third-order valence-electron chi connectivity index (χ3n) is 5.88. The van der Waals surface area contributed by atoms with Crippen LogP contribution >= 0.6 is 11.6 Å². The molecule has 0 fully saturated rings. The maximum Gasteiger partial charge on any atom is 0.303 e. The van der Waals surface area contributed by atoms with Crippen LogP contribution in [0, 0.1) is 13.8 Å². The van der Waals surface area contributed by atoms with E-state index in [0.717, 1.165) is 41.0 Å². The number of nitrogens with zero attached hydrogens (tertiary/aromatic N) is 1. The fourth-order valence-corrected chi connectivity index (χ4v) is 3.83. The van der Waals surface area contributed by atoms with E-state index in [4.69, 9.17) is 26.3 Å². The van der Waals surface area contributed by atoms with Crippen LogP contribution in [0.3, 0.4) is 0 Å². The summed E-state index contributed by atoms with van der Waals surface area (Å²) in [6, 6.07) is 21.7. The molecule has 0 aliphatic rings. The number of hydrogen-bond donors (Lipinski definition) is 1. The number of rotatable bonds is 12. The highest BCUT2D eigenvalue weighted by Crippen LogP contribution is 2.26. The number of aliphatic carboxylic acids is 1. The molecule has 0 aliphatic carbocycles. The van der Waals surface area contributed by atoms with E-state index in [1.807, 2.05) is 73.7 Å². The van der Waals surface area contributed by atoms with Crippen LogP contribution in [0.1, 0.15) is 60.1 Å². The third-order valence-corrected chi connectivity index (χ3v) is 6.12. The molecule has 0 radical (unpaired) electrons. The SMILES string of the molecule is C/C(=N\OCC(Oc1ccc(C)c(C)c1)c1cccc(Cl)c1)c1ccc(CCCCC(=O)O)cc1. The normalized spacial score (nSPS) is 12.3. The molecule has 3 aromatic rings. The molecule has 0 aliphatic heterocycles. The van der Waals surface area contributed by atoms with Gasteiger partial charge in [0.1, 0.15) is 5.75 Å². The largest absolute Gasteiger partial charge is 0.482 e. The van der Waals surface area contributed by atoms with Gasteiger partial charge in [0.15, 0.2) is 12.7 Å². The molecular weight excluding hydrogens is 462 g/mol. The fourth-order valence-electron chi connectivity index (χ4n) is 3.63. The van der Waals surface area contributed by atoms with Crippen LogP contribution < -0.4 is 4.74 Å². The average Bonchev–Trinajstić information content (AvgIpc) is 2.83. The molecule has 0 bridgehead atoms. The zero-order chi connectivity index (χ0) is 25.2. The first-order chi connectivity index (χ1) is 16.8. The lowest BCUT2D eigenvalue weighted by Crippen LogP contribution is -2.14. The summed E-state index contributed by atoms with van der Waals surface area (Å²) in [5, 5.41) is 13.7. The lowest BCUT2D eigenvalue weighted by atomic mass is 10.0. The van der Waals surface area contributed by atoms with Crippen molar-refractivity contribution in [3.63, 3.8) is 0 Å². The number of oxime groups is 1. The monoisotopic (exact) mass is 493 g/mol. The molecule has 0 aromatic heterocycles. The molecule has 0 amide bonds. The number of aryl methyl sites for hydroxylation is 3. The number of ether oxygens (including phenoxy) is 1. The van der Waals surface area contributed by atoms with Crippen LogP contribution in [0.25, 0.3) is 0 Å². The number of halogens is 1. The van der Waals surface area contributed by atoms with Gasteiger partial charge in [0, 0.05) is 11.4 Å². The van der Waals surface area contributed by atoms with Crippen LogP contribution in [0.5, 0.6) is 5.75 Å². The molecule has 184 valence electrons. The van der Waals surface area contributed by atoms with Crippen molar-refractivity contribution < 1.29 is 19.5 Å². The smallest absolute Gasteiger partial charge is 0.303 e. The standard InChI is InChI=1S/C29H32ClNO4/c1-20-11-16-27(17-21(20)2)35-28(25-8-6-9-26(30)18-25)19-34-31-22(3)24-14-12-23(13-15-24)7-4-5-10-29(32)33/h6,8-9,11-18,28H,4-5,7,10,19H2,1-3H3,(H,32,33)/b31-22+. The summed E-state index contributed by atoms with van der Waals surface area (Å²) in [5.41, 5.74) is 6.19. The first kappa shape index (κ1) is 26.3.